The lowest BCUT2D eigenvalue weighted by molar-refractivity contribution is 0.270. The van der Waals surface area contributed by atoms with Crippen molar-refractivity contribution in [1.29, 1.82) is 0 Å². The van der Waals surface area contributed by atoms with Crippen LogP contribution in [0.5, 0.6) is 0 Å². The summed E-state index contributed by atoms with van der Waals surface area (Å²) in [5, 5.41) is 3.16. The molecule has 1 atom stereocenters. The monoisotopic (exact) mass is 264 g/mol. The molecule has 0 aromatic carbocycles. The van der Waals surface area contributed by atoms with Crippen LogP contribution < -0.4 is 5.32 Å². The molecule has 94 valence electrons. The first-order valence-electron chi connectivity index (χ1n) is 5.81. The van der Waals surface area contributed by atoms with Crippen LogP contribution in [0.1, 0.15) is 12.8 Å². The maximum Gasteiger partial charge on any atom is 0.164 e. The standard InChI is InChI=1S/C10H20N2O2S2/c1-16(13,14)10-8-15-7-6-12(10)5-4-11-9-2-3-9/h9-11H,2-8H2,1H3. The minimum Gasteiger partial charge on any atom is -0.313 e. The van der Waals surface area contributed by atoms with E-state index in [1.54, 1.807) is 11.8 Å². The van der Waals surface area contributed by atoms with E-state index < -0.39 is 9.84 Å². The zero-order valence-electron chi connectivity index (χ0n) is 9.68. The third-order valence-corrected chi connectivity index (χ3v) is 5.78. The summed E-state index contributed by atoms with van der Waals surface area (Å²) in [4.78, 5) is 2.11. The predicted octanol–water partition coefficient (Wildman–Crippen LogP) is 0.158. The highest BCUT2D eigenvalue weighted by molar-refractivity contribution is 8.00. The second-order valence-electron chi connectivity index (χ2n) is 4.62. The highest BCUT2D eigenvalue weighted by atomic mass is 32.2. The van der Waals surface area contributed by atoms with Gasteiger partial charge in [-0.2, -0.15) is 11.8 Å². The fourth-order valence-electron chi connectivity index (χ4n) is 1.97. The van der Waals surface area contributed by atoms with Crippen LogP contribution in [0.3, 0.4) is 0 Å². The van der Waals surface area contributed by atoms with Gasteiger partial charge in [0.15, 0.2) is 9.84 Å². The Hall–Kier alpha value is 0.220. The van der Waals surface area contributed by atoms with E-state index in [1.807, 2.05) is 0 Å². The van der Waals surface area contributed by atoms with E-state index in [0.717, 1.165) is 31.1 Å². The Labute approximate surface area is 102 Å². The Bertz CT molecular complexity index is 328. The largest absolute Gasteiger partial charge is 0.313 e. The topological polar surface area (TPSA) is 49.4 Å². The Morgan fingerprint density at radius 2 is 2.19 bits per heavy atom. The predicted molar refractivity (Wildman–Crippen MR) is 68.6 cm³/mol. The van der Waals surface area contributed by atoms with Crippen LogP contribution in [0.2, 0.25) is 0 Å². The highest BCUT2D eigenvalue weighted by Crippen LogP contribution is 2.21. The van der Waals surface area contributed by atoms with Crippen LogP contribution in [0.4, 0.5) is 0 Å². The molecule has 1 N–H and O–H groups in total. The molecular weight excluding hydrogens is 244 g/mol. The first-order valence-corrected chi connectivity index (χ1v) is 8.92. The van der Waals surface area contributed by atoms with Crippen LogP contribution in [0.15, 0.2) is 0 Å². The number of nitrogens with one attached hydrogen (secondary N) is 1. The van der Waals surface area contributed by atoms with Crippen molar-refractivity contribution >= 4 is 21.6 Å². The molecular formula is C10H20N2O2S2. The van der Waals surface area contributed by atoms with Crippen LogP contribution in [-0.4, -0.2) is 62.1 Å². The van der Waals surface area contributed by atoms with Crippen molar-refractivity contribution in [2.45, 2.75) is 24.3 Å². The molecule has 0 spiro atoms. The van der Waals surface area contributed by atoms with Gasteiger partial charge in [0.1, 0.15) is 5.37 Å². The van der Waals surface area contributed by atoms with Gasteiger partial charge in [0, 0.05) is 43.4 Å². The third-order valence-electron chi connectivity index (χ3n) is 3.09. The summed E-state index contributed by atoms with van der Waals surface area (Å²) in [6.45, 7) is 2.67. The number of hydrogen-bond donors (Lipinski definition) is 1. The van der Waals surface area contributed by atoms with Crippen molar-refractivity contribution < 1.29 is 8.42 Å². The van der Waals surface area contributed by atoms with Crippen molar-refractivity contribution in [1.82, 2.24) is 10.2 Å². The van der Waals surface area contributed by atoms with Crippen LogP contribution in [0.25, 0.3) is 0 Å². The summed E-state index contributed by atoms with van der Waals surface area (Å²) in [6, 6.07) is 0.704. The van der Waals surface area contributed by atoms with E-state index in [1.165, 1.54) is 19.1 Å². The Balaban J connectivity index is 1.83. The normalized spacial score (nSPS) is 28.2. The van der Waals surface area contributed by atoms with Gasteiger partial charge in [-0.3, -0.25) is 4.90 Å². The van der Waals surface area contributed by atoms with Gasteiger partial charge in [0.05, 0.1) is 0 Å². The molecule has 4 nitrogen and oxygen atoms in total. The van der Waals surface area contributed by atoms with Crippen molar-refractivity contribution in [3.63, 3.8) is 0 Å². The molecule has 0 amide bonds. The third kappa shape index (κ3) is 3.61. The molecule has 16 heavy (non-hydrogen) atoms. The summed E-state index contributed by atoms with van der Waals surface area (Å²) >= 11 is 1.74. The second-order valence-corrected chi connectivity index (χ2v) is 7.98. The van der Waals surface area contributed by atoms with Crippen molar-refractivity contribution in [2.75, 3.05) is 37.4 Å². The van der Waals surface area contributed by atoms with Crippen molar-refractivity contribution in [3.05, 3.63) is 0 Å². The molecule has 2 fully saturated rings. The van der Waals surface area contributed by atoms with Gasteiger partial charge in [-0.15, -0.1) is 0 Å². The summed E-state index contributed by atoms with van der Waals surface area (Å²) in [5.74, 6) is 1.78. The summed E-state index contributed by atoms with van der Waals surface area (Å²) in [6.07, 6.45) is 3.92. The number of thioether (sulfide) groups is 1. The van der Waals surface area contributed by atoms with E-state index in [-0.39, 0.29) is 5.37 Å². The van der Waals surface area contributed by atoms with E-state index in [0.29, 0.717) is 6.04 Å². The van der Waals surface area contributed by atoms with Crippen molar-refractivity contribution in [2.24, 2.45) is 0 Å². The summed E-state index contributed by atoms with van der Waals surface area (Å²) < 4.78 is 23.3. The molecule has 6 heteroatoms. The molecule has 2 aliphatic rings. The summed E-state index contributed by atoms with van der Waals surface area (Å²) in [7, 11) is -2.93. The van der Waals surface area contributed by atoms with E-state index in [4.69, 9.17) is 0 Å². The number of nitrogens with zero attached hydrogens (tertiary/aromatic N) is 1. The minimum absolute atomic E-state index is 0.271. The maximum absolute atomic E-state index is 11.6. The van der Waals surface area contributed by atoms with Gasteiger partial charge < -0.3 is 5.32 Å². The van der Waals surface area contributed by atoms with E-state index >= 15 is 0 Å². The highest BCUT2D eigenvalue weighted by Gasteiger charge is 2.30. The van der Waals surface area contributed by atoms with Crippen molar-refractivity contribution in [3.8, 4) is 0 Å². The molecule has 0 aromatic rings. The zero-order chi connectivity index (χ0) is 11.6. The fourth-order valence-corrected chi connectivity index (χ4v) is 4.94. The van der Waals surface area contributed by atoms with Gasteiger partial charge in [-0.1, -0.05) is 0 Å². The van der Waals surface area contributed by atoms with Crippen LogP contribution >= 0.6 is 11.8 Å². The Morgan fingerprint density at radius 3 is 2.81 bits per heavy atom. The van der Waals surface area contributed by atoms with Gasteiger partial charge in [-0.05, 0) is 12.8 Å². The Kier molecular flexibility index (Phi) is 4.15. The van der Waals surface area contributed by atoms with Crippen LogP contribution in [0, 0.1) is 0 Å². The van der Waals surface area contributed by atoms with E-state index in [9.17, 15) is 8.42 Å². The minimum atomic E-state index is -2.93. The molecule has 1 unspecified atom stereocenters. The smallest absolute Gasteiger partial charge is 0.164 e. The summed E-state index contributed by atoms with van der Waals surface area (Å²) in [5.41, 5.74) is 0. The maximum atomic E-state index is 11.6. The lowest BCUT2D eigenvalue weighted by atomic mass is 10.4. The lowest BCUT2D eigenvalue weighted by Crippen LogP contribution is -2.49. The second kappa shape index (κ2) is 5.25. The Morgan fingerprint density at radius 1 is 1.44 bits per heavy atom. The zero-order valence-corrected chi connectivity index (χ0v) is 11.3. The number of rotatable bonds is 5. The number of hydrogen-bond acceptors (Lipinski definition) is 5. The fraction of sp³-hybridized carbons (Fsp3) is 1.00. The molecule has 0 radical (unpaired) electrons. The molecule has 2 rings (SSSR count). The van der Waals surface area contributed by atoms with Gasteiger partial charge in [0.2, 0.25) is 0 Å². The first kappa shape index (κ1) is 12.7. The molecule has 1 saturated heterocycles. The number of sulfone groups is 1. The van der Waals surface area contributed by atoms with E-state index in [2.05, 4.69) is 10.2 Å². The van der Waals surface area contributed by atoms with Gasteiger partial charge in [0.25, 0.3) is 0 Å². The molecule has 0 bridgehead atoms. The van der Waals surface area contributed by atoms with Gasteiger partial charge >= 0.3 is 0 Å². The average Bonchev–Trinajstić information content (AvgIpc) is 3.01. The molecule has 1 aliphatic heterocycles. The average molecular weight is 264 g/mol. The molecule has 0 aromatic heterocycles. The molecule has 1 heterocycles. The quantitative estimate of drug-likeness (QED) is 0.766. The molecule has 1 aliphatic carbocycles. The van der Waals surface area contributed by atoms with Gasteiger partial charge in [-0.25, -0.2) is 8.42 Å². The van der Waals surface area contributed by atoms with Crippen LogP contribution in [-0.2, 0) is 9.84 Å². The molecule has 1 saturated carbocycles. The lowest BCUT2D eigenvalue weighted by Gasteiger charge is -2.33. The first-order chi connectivity index (χ1) is 7.57. The SMILES string of the molecule is CS(=O)(=O)C1CSCCN1CCNC1CC1.